The molecule has 0 fully saturated rings. The Kier molecular flexibility index (Phi) is 16.0. The Morgan fingerprint density at radius 1 is 0.760 bits per heavy atom. The lowest BCUT2D eigenvalue weighted by Crippen LogP contribution is -2.17. The highest BCUT2D eigenvalue weighted by Crippen LogP contribution is 2.02. The third-order valence-electron chi connectivity index (χ3n) is 2.50. The standard InChI is InChI=1S/C12H22O5.C6H10O2/c1-9(2)5-7-15-11(13)17-12(14)16-8-6-10(3)4;1-5(7)3-4-6(2)8/h9-10H,5-8H2,1-4H3;5-8H,1-2H3. The molecule has 0 aliphatic heterocycles. The fraction of sp³-hybridized carbons (Fsp3) is 0.778. The first kappa shape index (κ1) is 25.5. The van der Waals surface area contributed by atoms with Gasteiger partial charge in [0.2, 0.25) is 0 Å². The molecule has 146 valence electrons. The van der Waals surface area contributed by atoms with Gasteiger partial charge in [-0.05, 0) is 38.5 Å². The molecule has 2 atom stereocenters. The van der Waals surface area contributed by atoms with Crippen molar-refractivity contribution < 1.29 is 34.0 Å². The number of aliphatic hydroxyl groups is 2. The van der Waals surface area contributed by atoms with Gasteiger partial charge in [-0.25, -0.2) is 9.59 Å². The molecule has 0 aromatic carbocycles. The number of ether oxygens (including phenoxy) is 3. The van der Waals surface area contributed by atoms with Crippen LogP contribution >= 0.6 is 0 Å². The lowest BCUT2D eigenvalue weighted by Gasteiger charge is -2.07. The van der Waals surface area contributed by atoms with E-state index in [1.165, 1.54) is 0 Å². The maximum absolute atomic E-state index is 11.0. The largest absolute Gasteiger partial charge is 0.518 e. The third-order valence-corrected chi connectivity index (χ3v) is 2.50. The van der Waals surface area contributed by atoms with E-state index in [0.29, 0.717) is 11.8 Å². The van der Waals surface area contributed by atoms with Crippen LogP contribution in [0.1, 0.15) is 54.4 Å². The summed E-state index contributed by atoms with van der Waals surface area (Å²) in [4.78, 5) is 22.0. The summed E-state index contributed by atoms with van der Waals surface area (Å²) in [5.74, 6) is 5.66. The van der Waals surface area contributed by atoms with Crippen molar-refractivity contribution in [3.63, 3.8) is 0 Å². The monoisotopic (exact) mass is 360 g/mol. The van der Waals surface area contributed by atoms with Crippen LogP contribution in [0.25, 0.3) is 0 Å². The van der Waals surface area contributed by atoms with E-state index < -0.39 is 24.5 Å². The number of hydrogen-bond donors (Lipinski definition) is 2. The molecule has 0 heterocycles. The van der Waals surface area contributed by atoms with Gasteiger partial charge in [-0.1, -0.05) is 39.5 Å². The van der Waals surface area contributed by atoms with Crippen LogP contribution in [-0.4, -0.2) is 47.9 Å². The van der Waals surface area contributed by atoms with Gasteiger partial charge in [-0.2, -0.15) is 0 Å². The molecule has 7 heteroatoms. The average molecular weight is 360 g/mol. The lowest BCUT2D eigenvalue weighted by atomic mass is 10.1. The van der Waals surface area contributed by atoms with Crippen molar-refractivity contribution in [1.29, 1.82) is 0 Å². The first-order chi connectivity index (χ1) is 11.5. The minimum Gasteiger partial charge on any atom is -0.434 e. The van der Waals surface area contributed by atoms with Crippen LogP contribution in [0.2, 0.25) is 0 Å². The first-order valence-electron chi connectivity index (χ1n) is 8.43. The maximum Gasteiger partial charge on any atom is 0.518 e. The van der Waals surface area contributed by atoms with Gasteiger partial charge in [0.1, 0.15) is 12.2 Å². The van der Waals surface area contributed by atoms with E-state index in [1.807, 2.05) is 27.7 Å². The molecule has 0 aliphatic carbocycles. The van der Waals surface area contributed by atoms with E-state index in [4.69, 9.17) is 10.2 Å². The van der Waals surface area contributed by atoms with E-state index in [0.717, 1.165) is 12.8 Å². The number of carbonyl (C=O) groups is 2. The zero-order valence-corrected chi connectivity index (χ0v) is 16.1. The van der Waals surface area contributed by atoms with Crippen molar-refractivity contribution in [1.82, 2.24) is 0 Å². The second-order valence-corrected chi connectivity index (χ2v) is 6.30. The molecule has 0 spiro atoms. The SMILES string of the molecule is CC(C)CCOC(=O)OC(=O)OCCC(C)C.CC(O)C#CC(C)O. The molecule has 0 amide bonds. The number of hydrogen-bond acceptors (Lipinski definition) is 7. The molecule has 2 unspecified atom stereocenters. The molecular formula is C18H32O7. The summed E-state index contributed by atoms with van der Waals surface area (Å²) in [6.07, 6.45) is -1.80. The third kappa shape index (κ3) is 24.6. The molecule has 0 rings (SSSR count). The molecule has 7 nitrogen and oxygen atoms in total. The summed E-state index contributed by atoms with van der Waals surface area (Å²) in [6, 6.07) is 0. The van der Waals surface area contributed by atoms with Crippen LogP contribution in [0, 0.1) is 23.7 Å². The normalized spacial score (nSPS) is 12.2. The summed E-state index contributed by atoms with van der Waals surface area (Å²) >= 11 is 0. The minimum atomic E-state index is -1.000. The summed E-state index contributed by atoms with van der Waals surface area (Å²) in [5.41, 5.74) is 0. The zero-order chi connectivity index (χ0) is 19.8. The lowest BCUT2D eigenvalue weighted by molar-refractivity contribution is 0.0335. The Morgan fingerprint density at radius 2 is 1.08 bits per heavy atom. The molecule has 0 bridgehead atoms. The van der Waals surface area contributed by atoms with E-state index in [9.17, 15) is 9.59 Å². The quantitative estimate of drug-likeness (QED) is 0.426. The van der Waals surface area contributed by atoms with Crippen LogP contribution in [0.4, 0.5) is 9.59 Å². The van der Waals surface area contributed by atoms with Crippen molar-refractivity contribution in [3.05, 3.63) is 0 Å². The maximum atomic E-state index is 11.0. The van der Waals surface area contributed by atoms with Crippen LogP contribution in [0.15, 0.2) is 0 Å². The van der Waals surface area contributed by atoms with Crippen LogP contribution < -0.4 is 0 Å². The highest BCUT2D eigenvalue weighted by Gasteiger charge is 2.13. The topological polar surface area (TPSA) is 102 Å². The smallest absolute Gasteiger partial charge is 0.434 e. The molecule has 2 N–H and O–H groups in total. The molecular weight excluding hydrogens is 328 g/mol. The summed E-state index contributed by atoms with van der Waals surface area (Å²) in [7, 11) is 0. The second-order valence-electron chi connectivity index (χ2n) is 6.30. The van der Waals surface area contributed by atoms with Crippen molar-refractivity contribution in [2.24, 2.45) is 11.8 Å². The Bertz CT molecular complexity index is 381. The highest BCUT2D eigenvalue weighted by molar-refractivity contribution is 5.76. The fourth-order valence-electron chi connectivity index (χ4n) is 1.12. The molecule has 0 aromatic heterocycles. The van der Waals surface area contributed by atoms with Crippen molar-refractivity contribution in [3.8, 4) is 11.8 Å². The number of carbonyl (C=O) groups excluding carboxylic acids is 2. The van der Waals surface area contributed by atoms with Gasteiger partial charge in [-0.15, -0.1) is 0 Å². The van der Waals surface area contributed by atoms with Gasteiger partial charge in [0, 0.05) is 0 Å². The average Bonchev–Trinajstić information content (AvgIpc) is 2.44. The fourth-order valence-corrected chi connectivity index (χ4v) is 1.12. The Labute approximate surface area is 150 Å². The second kappa shape index (κ2) is 15.7. The van der Waals surface area contributed by atoms with Crippen molar-refractivity contribution in [2.75, 3.05) is 13.2 Å². The first-order valence-corrected chi connectivity index (χ1v) is 8.43. The molecule has 0 radical (unpaired) electrons. The van der Waals surface area contributed by atoms with Crippen LogP contribution in [0.3, 0.4) is 0 Å². The minimum absolute atomic E-state index is 0.246. The Morgan fingerprint density at radius 3 is 1.32 bits per heavy atom. The summed E-state index contributed by atoms with van der Waals surface area (Å²) < 4.78 is 13.7. The van der Waals surface area contributed by atoms with Gasteiger partial charge in [0.15, 0.2) is 0 Å². The van der Waals surface area contributed by atoms with Gasteiger partial charge < -0.3 is 24.4 Å². The highest BCUT2D eigenvalue weighted by atomic mass is 16.8. The van der Waals surface area contributed by atoms with Crippen LogP contribution in [0.5, 0.6) is 0 Å². The Hall–Kier alpha value is -1.78. The van der Waals surface area contributed by atoms with Crippen LogP contribution in [-0.2, 0) is 14.2 Å². The molecule has 25 heavy (non-hydrogen) atoms. The number of aliphatic hydroxyl groups excluding tert-OH is 2. The predicted molar refractivity (Wildman–Crippen MR) is 93.8 cm³/mol. The zero-order valence-electron chi connectivity index (χ0n) is 16.1. The Balaban J connectivity index is 0. The summed E-state index contributed by atoms with van der Waals surface area (Å²) in [6.45, 7) is 11.6. The number of rotatable bonds is 6. The molecule has 0 saturated heterocycles. The summed E-state index contributed by atoms with van der Waals surface area (Å²) in [5, 5.41) is 17.0. The van der Waals surface area contributed by atoms with Gasteiger partial charge in [0.05, 0.1) is 13.2 Å². The van der Waals surface area contributed by atoms with E-state index >= 15 is 0 Å². The molecule has 0 aliphatic rings. The van der Waals surface area contributed by atoms with Crippen molar-refractivity contribution in [2.45, 2.75) is 66.6 Å². The molecule has 0 aromatic rings. The van der Waals surface area contributed by atoms with Gasteiger partial charge >= 0.3 is 12.3 Å². The van der Waals surface area contributed by atoms with E-state index in [2.05, 4.69) is 26.1 Å². The predicted octanol–water partition coefficient (Wildman–Crippen LogP) is 3.12. The van der Waals surface area contributed by atoms with Gasteiger partial charge in [-0.3, -0.25) is 0 Å². The van der Waals surface area contributed by atoms with E-state index in [-0.39, 0.29) is 13.2 Å². The van der Waals surface area contributed by atoms with Gasteiger partial charge in [0.25, 0.3) is 0 Å². The van der Waals surface area contributed by atoms with E-state index in [1.54, 1.807) is 13.8 Å². The molecule has 0 saturated carbocycles. The van der Waals surface area contributed by atoms with Crippen molar-refractivity contribution >= 4 is 12.3 Å².